The summed E-state index contributed by atoms with van der Waals surface area (Å²) < 4.78 is 0. The third-order valence-electron chi connectivity index (χ3n) is 2.92. The minimum Gasteiger partial charge on any atom is -0.348 e. The lowest BCUT2D eigenvalue weighted by Gasteiger charge is -2.02. The highest BCUT2D eigenvalue weighted by molar-refractivity contribution is 5.87. The van der Waals surface area contributed by atoms with Gasteiger partial charge in [-0.15, -0.1) is 0 Å². The second-order valence-corrected chi connectivity index (χ2v) is 4.14. The van der Waals surface area contributed by atoms with Crippen LogP contribution < -0.4 is 0 Å². The molecule has 0 aliphatic carbocycles. The number of carbonyl (C=O) groups is 1. The quantitative estimate of drug-likeness (QED) is 0.697. The van der Waals surface area contributed by atoms with E-state index in [1.54, 1.807) is 18.5 Å². The van der Waals surface area contributed by atoms with E-state index >= 15 is 0 Å². The van der Waals surface area contributed by atoms with Gasteiger partial charge in [0.15, 0.2) is 0 Å². The van der Waals surface area contributed by atoms with Crippen molar-refractivity contribution in [1.29, 1.82) is 0 Å². The summed E-state index contributed by atoms with van der Waals surface area (Å²) in [7, 11) is 0. The van der Waals surface area contributed by atoms with Crippen molar-refractivity contribution in [2.45, 2.75) is 6.92 Å². The molecule has 3 rings (SSSR count). The Morgan fingerprint density at radius 2 is 2.06 bits per heavy atom. The Balaban J connectivity index is 2.21. The number of pyridine rings is 1. The topological polar surface area (TPSA) is 58.6 Å². The molecule has 88 valence electrons. The number of nitrogens with one attached hydrogen (secondary N) is 1. The van der Waals surface area contributed by atoms with Crippen LogP contribution in [0.4, 0.5) is 0 Å². The number of nitrogens with zero attached hydrogens (tertiary/aromatic N) is 2. The van der Waals surface area contributed by atoms with Crippen LogP contribution in [0.5, 0.6) is 0 Å². The maximum absolute atomic E-state index is 10.8. The van der Waals surface area contributed by atoms with E-state index in [2.05, 4.69) is 15.0 Å². The summed E-state index contributed by atoms with van der Waals surface area (Å²) in [5.74, 6) is 0. The van der Waals surface area contributed by atoms with E-state index in [1.807, 2.05) is 25.1 Å². The van der Waals surface area contributed by atoms with Crippen molar-refractivity contribution in [2.75, 3.05) is 0 Å². The van der Waals surface area contributed by atoms with Crippen LogP contribution in [-0.4, -0.2) is 21.2 Å². The fraction of sp³-hybridized carbons (Fsp3) is 0.0714. The minimum atomic E-state index is 0.630. The van der Waals surface area contributed by atoms with Gasteiger partial charge in [0.2, 0.25) is 0 Å². The van der Waals surface area contributed by atoms with Crippen LogP contribution >= 0.6 is 0 Å². The van der Waals surface area contributed by atoms with Crippen LogP contribution in [0.1, 0.15) is 16.1 Å². The van der Waals surface area contributed by atoms with Gasteiger partial charge >= 0.3 is 0 Å². The first kappa shape index (κ1) is 10.7. The standard InChI is InChI=1S/C14H11N3O/c1-9-14(16-8-15-9)12-5-4-11-3-2-10(7-18)6-13(11)17-12/h2-8H,1H3,(H,15,16). The van der Waals surface area contributed by atoms with Crippen molar-refractivity contribution in [1.82, 2.24) is 15.0 Å². The number of fused-ring (bicyclic) bond motifs is 1. The highest BCUT2D eigenvalue weighted by Gasteiger charge is 2.07. The van der Waals surface area contributed by atoms with E-state index in [4.69, 9.17) is 0 Å². The summed E-state index contributed by atoms with van der Waals surface area (Å²) in [4.78, 5) is 22.6. The minimum absolute atomic E-state index is 0.630. The Labute approximate surface area is 104 Å². The Bertz CT molecular complexity index is 731. The molecule has 4 nitrogen and oxygen atoms in total. The lowest BCUT2D eigenvalue weighted by atomic mass is 10.1. The molecule has 0 unspecified atom stereocenters. The first-order chi connectivity index (χ1) is 8.78. The van der Waals surface area contributed by atoms with E-state index < -0.39 is 0 Å². The van der Waals surface area contributed by atoms with Gasteiger partial charge in [-0.1, -0.05) is 18.2 Å². The summed E-state index contributed by atoms with van der Waals surface area (Å²) in [5.41, 5.74) is 4.07. The van der Waals surface area contributed by atoms with Crippen LogP contribution in [0.2, 0.25) is 0 Å². The number of rotatable bonds is 2. The van der Waals surface area contributed by atoms with E-state index in [1.165, 1.54) is 0 Å². The average Bonchev–Trinajstić information content (AvgIpc) is 2.83. The zero-order valence-corrected chi connectivity index (χ0v) is 9.84. The summed E-state index contributed by atoms with van der Waals surface area (Å²) in [6, 6.07) is 9.39. The molecule has 3 aromatic rings. The van der Waals surface area contributed by atoms with Gasteiger partial charge in [0.1, 0.15) is 12.0 Å². The highest BCUT2D eigenvalue weighted by Crippen LogP contribution is 2.21. The van der Waals surface area contributed by atoms with Crippen molar-refractivity contribution in [3.63, 3.8) is 0 Å². The number of hydrogen-bond acceptors (Lipinski definition) is 3. The number of hydrogen-bond donors (Lipinski definition) is 1. The molecular weight excluding hydrogens is 226 g/mol. The molecule has 0 fully saturated rings. The number of benzene rings is 1. The summed E-state index contributed by atoms with van der Waals surface area (Å²) in [6.45, 7) is 1.95. The second kappa shape index (κ2) is 4.07. The van der Waals surface area contributed by atoms with Gasteiger partial charge in [0.05, 0.1) is 17.5 Å². The maximum atomic E-state index is 10.8. The predicted molar refractivity (Wildman–Crippen MR) is 69.4 cm³/mol. The molecule has 0 aliphatic heterocycles. The van der Waals surface area contributed by atoms with Gasteiger partial charge in [-0.3, -0.25) is 4.79 Å². The summed E-state index contributed by atoms with van der Waals surface area (Å²) in [5, 5.41) is 1.01. The van der Waals surface area contributed by atoms with Crippen molar-refractivity contribution < 1.29 is 4.79 Å². The molecule has 0 saturated heterocycles. The monoisotopic (exact) mass is 237 g/mol. The van der Waals surface area contributed by atoms with Gasteiger partial charge in [-0.25, -0.2) is 9.97 Å². The SMILES string of the molecule is Cc1[nH]cnc1-c1ccc2ccc(C=O)cc2n1. The van der Waals surface area contributed by atoms with E-state index in [0.717, 1.165) is 34.3 Å². The zero-order chi connectivity index (χ0) is 12.5. The number of carbonyl (C=O) groups excluding carboxylic acids is 1. The average molecular weight is 237 g/mol. The largest absolute Gasteiger partial charge is 0.348 e. The first-order valence-corrected chi connectivity index (χ1v) is 5.64. The molecule has 0 amide bonds. The summed E-state index contributed by atoms with van der Waals surface area (Å²) >= 11 is 0. The molecule has 0 aliphatic rings. The molecular formula is C14H11N3O. The van der Waals surface area contributed by atoms with Crippen molar-refractivity contribution in [3.8, 4) is 11.4 Å². The molecule has 1 N–H and O–H groups in total. The molecule has 1 aromatic carbocycles. The highest BCUT2D eigenvalue weighted by atomic mass is 16.1. The van der Waals surface area contributed by atoms with E-state index in [-0.39, 0.29) is 0 Å². The Morgan fingerprint density at radius 1 is 1.22 bits per heavy atom. The number of aryl methyl sites for hydroxylation is 1. The van der Waals surface area contributed by atoms with Gasteiger partial charge in [-0.05, 0) is 19.1 Å². The van der Waals surface area contributed by atoms with E-state index in [9.17, 15) is 4.79 Å². The molecule has 0 spiro atoms. The number of H-pyrrole nitrogens is 1. The fourth-order valence-electron chi connectivity index (χ4n) is 1.96. The van der Waals surface area contributed by atoms with Gasteiger partial charge in [0, 0.05) is 16.6 Å². The van der Waals surface area contributed by atoms with Crippen LogP contribution in [0, 0.1) is 6.92 Å². The molecule has 0 radical (unpaired) electrons. The lowest BCUT2D eigenvalue weighted by molar-refractivity contribution is 0.112. The smallest absolute Gasteiger partial charge is 0.150 e. The van der Waals surface area contributed by atoms with Crippen molar-refractivity contribution >= 4 is 17.2 Å². The molecule has 2 aromatic heterocycles. The van der Waals surface area contributed by atoms with Gasteiger partial charge < -0.3 is 4.98 Å². The van der Waals surface area contributed by atoms with Crippen LogP contribution in [0.3, 0.4) is 0 Å². The van der Waals surface area contributed by atoms with E-state index in [0.29, 0.717) is 5.56 Å². The van der Waals surface area contributed by atoms with Crippen molar-refractivity contribution in [3.05, 3.63) is 47.9 Å². The van der Waals surface area contributed by atoms with Gasteiger partial charge in [-0.2, -0.15) is 0 Å². The molecule has 2 heterocycles. The lowest BCUT2D eigenvalue weighted by Crippen LogP contribution is -1.89. The van der Waals surface area contributed by atoms with Crippen LogP contribution in [-0.2, 0) is 0 Å². The Hall–Kier alpha value is -2.49. The molecule has 18 heavy (non-hydrogen) atoms. The molecule has 4 heteroatoms. The predicted octanol–water partition coefficient (Wildman–Crippen LogP) is 2.75. The number of aldehydes is 1. The van der Waals surface area contributed by atoms with Gasteiger partial charge in [0.25, 0.3) is 0 Å². The van der Waals surface area contributed by atoms with Crippen LogP contribution in [0.25, 0.3) is 22.3 Å². The fourth-order valence-corrected chi connectivity index (χ4v) is 1.96. The normalized spacial score (nSPS) is 10.7. The third kappa shape index (κ3) is 1.68. The second-order valence-electron chi connectivity index (χ2n) is 4.14. The van der Waals surface area contributed by atoms with Crippen molar-refractivity contribution in [2.24, 2.45) is 0 Å². The maximum Gasteiger partial charge on any atom is 0.150 e. The summed E-state index contributed by atoms with van der Waals surface area (Å²) in [6.07, 6.45) is 2.48. The number of aromatic amines is 1. The third-order valence-corrected chi connectivity index (χ3v) is 2.92. The molecule has 0 atom stereocenters. The number of aromatic nitrogens is 3. The zero-order valence-electron chi connectivity index (χ0n) is 9.84. The molecule has 0 bridgehead atoms. The Morgan fingerprint density at radius 3 is 2.78 bits per heavy atom. The number of imidazole rings is 1. The van der Waals surface area contributed by atoms with Crippen LogP contribution in [0.15, 0.2) is 36.7 Å². The first-order valence-electron chi connectivity index (χ1n) is 5.64. The molecule has 0 saturated carbocycles. The Kier molecular flexibility index (Phi) is 2.41.